The maximum Gasteiger partial charge on any atom is 0.270 e. The number of hydrogen-bond acceptors (Lipinski definition) is 5. The van der Waals surface area contributed by atoms with Gasteiger partial charge in [0.25, 0.3) is 5.95 Å². The van der Waals surface area contributed by atoms with Crippen molar-refractivity contribution < 1.29 is 4.79 Å². The van der Waals surface area contributed by atoms with Crippen molar-refractivity contribution in [3.05, 3.63) is 59.7 Å². The number of nitrogens with one attached hydrogen (secondary N) is 1. The zero-order valence-electron chi connectivity index (χ0n) is 13.0. The van der Waals surface area contributed by atoms with Crippen LogP contribution in [0.25, 0.3) is 0 Å². The molecule has 0 saturated carbocycles. The van der Waals surface area contributed by atoms with Crippen molar-refractivity contribution in [1.29, 1.82) is 0 Å². The number of aromatic nitrogens is 4. The van der Waals surface area contributed by atoms with Crippen molar-refractivity contribution in [3.63, 3.8) is 0 Å². The normalized spacial score (nSPS) is 13.2. The molecule has 7 heteroatoms. The van der Waals surface area contributed by atoms with Gasteiger partial charge in [-0.2, -0.15) is 4.80 Å². The lowest BCUT2D eigenvalue weighted by Crippen LogP contribution is -2.25. The molecule has 0 saturated heterocycles. The largest absolute Gasteiger partial charge is 0.291 e. The topological polar surface area (TPSA) is 72.7 Å². The van der Waals surface area contributed by atoms with Crippen molar-refractivity contribution in [2.45, 2.75) is 29.2 Å². The van der Waals surface area contributed by atoms with Gasteiger partial charge < -0.3 is 0 Å². The number of amides is 1. The highest BCUT2D eigenvalue weighted by molar-refractivity contribution is 7.99. The molecule has 0 atom stereocenters. The lowest BCUT2D eigenvalue weighted by atomic mass is 9.90. The molecule has 1 aliphatic heterocycles. The van der Waals surface area contributed by atoms with Gasteiger partial charge in [0, 0.05) is 9.79 Å². The number of nitrogens with zero attached hydrogens (tertiary/aromatic N) is 4. The Morgan fingerprint density at radius 2 is 1.75 bits per heavy atom. The molecular weight excluding hydrogens is 322 g/mol. The Labute approximate surface area is 143 Å². The van der Waals surface area contributed by atoms with Crippen LogP contribution in [0.4, 0.5) is 5.95 Å². The Morgan fingerprint density at radius 1 is 1.12 bits per heavy atom. The van der Waals surface area contributed by atoms with Crippen LogP contribution >= 0.6 is 11.8 Å². The first-order chi connectivity index (χ1) is 11.8. The summed E-state index contributed by atoms with van der Waals surface area (Å²) in [6, 6.07) is 16.0. The van der Waals surface area contributed by atoms with Gasteiger partial charge in [-0.05, 0) is 35.4 Å². The second kappa shape index (κ2) is 6.09. The fourth-order valence-electron chi connectivity index (χ4n) is 2.80. The highest BCUT2D eigenvalue weighted by atomic mass is 32.2. The molecule has 120 valence electrons. The van der Waals surface area contributed by atoms with Gasteiger partial charge in [0.15, 0.2) is 0 Å². The third-order valence-corrected chi connectivity index (χ3v) is 5.10. The molecule has 0 spiro atoms. The third kappa shape index (κ3) is 2.56. The van der Waals surface area contributed by atoms with Crippen LogP contribution in [0, 0.1) is 0 Å². The van der Waals surface area contributed by atoms with Crippen molar-refractivity contribution in [1.82, 2.24) is 20.2 Å². The standard InChI is InChI=1S/C17H15N5OS/c1-2-22-20-17(19-21-22)18-16(23)15-11-7-3-5-9-13(11)24-14-10-6-4-8-12(14)15/h3-10,15H,2H2,1H3,(H,18,20,23). The molecule has 1 aliphatic rings. The van der Waals surface area contributed by atoms with Gasteiger partial charge in [0.2, 0.25) is 5.91 Å². The molecule has 0 fully saturated rings. The number of aryl methyl sites for hydroxylation is 1. The van der Waals surface area contributed by atoms with E-state index in [-0.39, 0.29) is 17.8 Å². The van der Waals surface area contributed by atoms with Gasteiger partial charge in [-0.3, -0.25) is 10.1 Å². The summed E-state index contributed by atoms with van der Waals surface area (Å²) in [6.45, 7) is 2.52. The number of carbonyl (C=O) groups is 1. The fourth-order valence-corrected chi connectivity index (χ4v) is 3.94. The zero-order chi connectivity index (χ0) is 16.5. The number of carbonyl (C=O) groups excluding carboxylic acids is 1. The summed E-state index contributed by atoms with van der Waals surface area (Å²) in [6.07, 6.45) is 0. The predicted molar refractivity (Wildman–Crippen MR) is 91.0 cm³/mol. The van der Waals surface area contributed by atoms with E-state index in [1.54, 1.807) is 11.8 Å². The minimum absolute atomic E-state index is 0.147. The second-order valence-corrected chi connectivity index (χ2v) is 6.49. The Morgan fingerprint density at radius 3 is 2.33 bits per heavy atom. The first kappa shape index (κ1) is 14.9. The Kier molecular flexibility index (Phi) is 3.78. The summed E-state index contributed by atoms with van der Waals surface area (Å²) < 4.78 is 0. The van der Waals surface area contributed by atoms with Crippen LogP contribution in [-0.2, 0) is 11.3 Å². The van der Waals surface area contributed by atoms with E-state index in [2.05, 4.69) is 20.7 Å². The Balaban J connectivity index is 1.72. The summed E-state index contributed by atoms with van der Waals surface area (Å²) in [5.41, 5.74) is 2.00. The molecule has 0 radical (unpaired) electrons. The van der Waals surface area contributed by atoms with Crippen LogP contribution in [0.3, 0.4) is 0 Å². The molecule has 3 aromatic rings. The van der Waals surface area contributed by atoms with Gasteiger partial charge in [0.05, 0.1) is 12.5 Å². The molecule has 2 heterocycles. The average molecular weight is 337 g/mol. The number of rotatable bonds is 3. The summed E-state index contributed by atoms with van der Waals surface area (Å²) in [4.78, 5) is 16.6. The van der Waals surface area contributed by atoms with E-state index in [1.165, 1.54) is 4.80 Å². The van der Waals surface area contributed by atoms with Crippen LogP contribution in [-0.4, -0.2) is 26.1 Å². The van der Waals surface area contributed by atoms with Gasteiger partial charge in [0.1, 0.15) is 0 Å². The van der Waals surface area contributed by atoms with Crippen LogP contribution < -0.4 is 5.32 Å². The molecule has 4 rings (SSSR count). The molecule has 1 amide bonds. The van der Waals surface area contributed by atoms with E-state index in [1.807, 2.05) is 55.5 Å². The SMILES string of the molecule is CCn1nnc(NC(=O)C2c3ccccc3Sc3ccccc32)n1. The first-order valence-corrected chi connectivity index (χ1v) is 8.52. The Hall–Kier alpha value is -2.67. The van der Waals surface area contributed by atoms with Gasteiger partial charge in [-0.15, -0.1) is 5.10 Å². The molecule has 0 aliphatic carbocycles. The molecule has 0 unspecified atom stereocenters. The summed E-state index contributed by atoms with van der Waals surface area (Å²) >= 11 is 1.69. The van der Waals surface area contributed by atoms with E-state index < -0.39 is 0 Å². The molecule has 1 N–H and O–H groups in total. The van der Waals surface area contributed by atoms with E-state index in [0.717, 1.165) is 20.9 Å². The molecule has 2 aromatic carbocycles. The van der Waals surface area contributed by atoms with Gasteiger partial charge >= 0.3 is 0 Å². The third-order valence-electron chi connectivity index (χ3n) is 3.91. The highest BCUT2D eigenvalue weighted by Crippen LogP contribution is 2.45. The highest BCUT2D eigenvalue weighted by Gasteiger charge is 2.31. The Bertz CT molecular complexity index is 862. The second-order valence-electron chi connectivity index (χ2n) is 5.40. The monoisotopic (exact) mass is 337 g/mol. The van der Waals surface area contributed by atoms with Crippen molar-refractivity contribution in [2.24, 2.45) is 0 Å². The predicted octanol–water partition coefficient (Wildman–Crippen LogP) is 2.93. The molecular formula is C17H15N5OS. The summed E-state index contributed by atoms with van der Waals surface area (Å²) in [7, 11) is 0. The van der Waals surface area contributed by atoms with E-state index in [9.17, 15) is 4.79 Å². The van der Waals surface area contributed by atoms with E-state index >= 15 is 0 Å². The number of hydrogen-bond donors (Lipinski definition) is 1. The zero-order valence-corrected chi connectivity index (χ0v) is 13.8. The quantitative estimate of drug-likeness (QED) is 0.795. The van der Waals surface area contributed by atoms with Crippen LogP contribution in [0.2, 0.25) is 0 Å². The summed E-state index contributed by atoms with van der Waals surface area (Å²) in [5, 5.41) is 14.7. The number of benzene rings is 2. The lowest BCUT2D eigenvalue weighted by molar-refractivity contribution is -0.116. The van der Waals surface area contributed by atoms with Crippen molar-refractivity contribution >= 4 is 23.6 Å². The number of tetrazole rings is 1. The van der Waals surface area contributed by atoms with Crippen molar-refractivity contribution in [3.8, 4) is 0 Å². The van der Waals surface area contributed by atoms with Crippen molar-refractivity contribution in [2.75, 3.05) is 5.32 Å². The molecule has 1 aromatic heterocycles. The first-order valence-electron chi connectivity index (χ1n) is 7.70. The average Bonchev–Trinajstić information content (AvgIpc) is 3.07. The fraction of sp³-hybridized carbons (Fsp3) is 0.176. The van der Waals surface area contributed by atoms with Crippen LogP contribution in [0.15, 0.2) is 58.3 Å². The number of fused-ring (bicyclic) bond motifs is 2. The van der Waals surface area contributed by atoms with Gasteiger partial charge in [-0.1, -0.05) is 53.3 Å². The van der Waals surface area contributed by atoms with Crippen LogP contribution in [0.5, 0.6) is 0 Å². The minimum Gasteiger partial charge on any atom is -0.291 e. The van der Waals surface area contributed by atoms with Gasteiger partial charge in [-0.25, -0.2) is 0 Å². The van der Waals surface area contributed by atoms with Crippen LogP contribution in [0.1, 0.15) is 24.0 Å². The minimum atomic E-state index is -0.382. The maximum atomic E-state index is 13.0. The lowest BCUT2D eigenvalue weighted by Gasteiger charge is -2.26. The molecule has 6 nitrogen and oxygen atoms in total. The molecule has 0 bridgehead atoms. The van der Waals surface area contributed by atoms with E-state index in [4.69, 9.17) is 0 Å². The molecule has 24 heavy (non-hydrogen) atoms. The smallest absolute Gasteiger partial charge is 0.270 e. The summed E-state index contributed by atoms with van der Waals surface area (Å²) in [5.74, 6) is -0.298. The number of anilines is 1. The maximum absolute atomic E-state index is 13.0. The van der Waals surface area contributed by atoms with E-state index in [0.29, 0.717) is 6.54 Å².